The van der Waals surface area contributed by atoms with E-state index in [9.17, 15) is 18.0 Å². The molecule has 0 aliphatic carbocycles. The first kappa shape index (κ1) is 15.1. The van der Waals surface area contributed by atoms with Gasteiger partial charge in [0, 0.05) is 5.39 Å². The Hall–Kier alpha value is -2.83. The van der Waals surface area contributed by atoms with Crippen molar-refractivity contribution in [2.24, 2.45) is 0 Å². The van der Waals surface area contributed by atoms with Crippen molar-refractivity contribution in [1.29, 1.82) is 0 Å². The Morgan fingerprint density at radius 1 is 1.17 bits per heavy atom. The molecule has 1 aromatic heterocycles. The zero-order valence-electron chi connectivity index (χ0n) is 12.0. The second kappa shape index (κ2) is 5.75. The number of carbonyl (C=O) groups is 1. The lowest BCUT2D eigenvalue weighted by atomic mass is 10.1. The Bertz CT molecular complexity index is 906. The summed E-state index contributed by atoms with van der Waals surface area (Å²) < 4.78 is 44.7. The summed E-state index contributed by atoms with van der Waals surface area (Å²) in [5.74, 6) is -5.02. The minimum absolute atomic E-state index is 0.186. The number of halogens is 3. The summed E-state index contributed by atoms with van der Waals surface area (Å²) in [6, 6.07) is 7.08. The molecule has 0 saturated heterocycles. The van der Waals surface area contributed by atoms with Crippen LogP contribution in [0.5, 0.6) is 0 Å². The first-order valence-electron chi connectivity index (χ1n) is 6.74. The van der Waals surface area contributed by atoms with E-state index < -0.39 is 29.0 Å². The second-order valence-corrected chi connectivity index (χ2v) is 5.08. The van der Waals surface area contributed by atoms with Crippen molar-refractivity contribution in [3.05, 3.63) is 59.0 Å². The molecule has 0 atom stereocenters. The standard InChI is InChI=1S/C16H11F3N2O2/c1-8-2-5-13-9(6-8)12(21-23-13)7-14(22)20-11-4-3-10(17)15(18)16(11)19/h2-6H,7H2,1H3,(H,20,22). The molecule has 0 bridgehead atoms. The normalized spacial score (nSPS) is 11.0. The van der Waals surface area contributed by atoms with Gasteiger partial charge in [-0.25, -0.2) is 13.2 Å². The third-order valence-electron chi connectivity index (χ3n) is 3.34. The van der Waals surface area contributed by atoms with Crippen LogP contribution in [0.15, 0.2) is 34.9 Å². The number of nitrogens with one attached hydrogen (secondary N) is 1. The fourth-order valence-corrected chi connectivity index (χ4v) is 2.20. The number of hydrogen-bond acceptors (Lipinski definition) is 3. The van der Waals surface area contributed by atoms with Gasteiger partial charge < -0.3 is 9.84 Å². The number of fused-ring (bicyclic) bond motifs is 1. The molecule has 0 saturated carbocycles. The van der Waals surface area contributed by atoms with E-state index in [0.717, 1.165) is 17.7 Å². The molecule has 0 fully saturated rings. The third kappa shape index (κ3) is 2.90. The molecule has 0 aliphatic heterocycles. The van der Waals surface area contributed by atoms with Crippen LogP contribution in [0, 0.1) is 24.4 Å². The zero-order valence-corrected chi connectivity index (χ0v) is 12.0. The van der Waals surface area contributed by atoms with Gasteiger partial charge in [0.25, 0.3) is 0 Å². The van der Waals surface area contributed by atoms with Gasteiger partial charge in [-0.3, -0.25) is 4.79 Å². The molecule has 0 spiro atoms. The molecule has 3 rings (SSSR count). The van der Waals surface area contributed by atoms with Crippen molar-refractivity contribution in [3.8, 4) is 0 Å². The summed E-state index contributed by atoms with van der Waals surface area (Å²) in [5, 5.41) is 6.67. The molecule has 0 unspecified atom stereocenters. The number of anilines is 1. The smallest absolute Gasteiger partial charge is 0.230 e. The lowest BCUT2D eigenvalue weighted by Crippen LogP contribution is -2.16. The number of nitrogens with zero attached hydrogens (tertiary/aromatic N) is 1. The average molecular weight is 320 g/mol. The van der Waals surface area contributed by atoms with Gasteiger partial charge in [-0.15, -0.1) is 0 Å². The van der Waals surface area contributed by atoms with E-state index >= 15 is 0 Å². The first-order valence-corrected chi connectivity index (χ1v) is 6.74. The Balaban J connectivity index is 1.82. The van der Waals surface area contributed by atoms with E-state index in [4.69, 9.17) is 4.52 Å². The third-order valence-corrected chi connectivity index (χ3v) is 3.34. The second-order valence-electron chi connectivity index (χ2n) is 5.08. The minimum Gasteiger partial charge on any atom is -0.356 e. The number of benzene rings is 2. The molecular weight excluding hydrogens is 309 g/mol. The fourth-order valence-electron chi connectivity index (χ4n) is 2.20. The predicted molar refractivity (Wildman–Crippen MR) is 77.4 cm³/mol. The number of aromatic nitrogens is 1. The van der Waals surface area contributed by atoms with E-state index in [1.165, 1.54) is 0 Å². The molecule has 4 nitrogen and oxygen atoms in total. The maximum atomic E-state index is 13.5. The fraction of sp³-hybridized carbons (Fsp3) is 0.125. The summed E-state index contributed by atoms with van der Waals surface area (Å²) in [6.45, 7) is 1.88. The highest BCUT2D eigenvalue weighted by molar-refractivity contribution is 5.94. The lowest BCUT2D eigenvalue weighted by Gasteiger charge is -2.06. The van der Waals surface area contributed by atoms with Crippen molar-refractivity contribution in [3.63, 3.8) is 0 Å². The quantitative estimate of drug-likeness (QED) is 0.748. The van der Waals surface area contributed by atoms with Crippen LogP contribution in [-0.4, -0.2) is 11.1 Å². The van der Waals surface area contributed by atoms with E-state index in [-0.39, 0.29) is 6.42 Å². The molecular formula is C16H11F3N2O2. The van der Waals surface area contributed by atoms with Crippen LogP contribution in [0.2, 0.25) is 0 Å². The highest BCUT2D eigenvalue weighted by Crippen LogP contribution is 2.22. The number of hydrogen-bond donors (Lipinski definition) is 1. The highest BCUT2D eigenvalue weighted by atomic mass is 19.2. The molecule has 0 radical (unpaired) electrons. The van der Waals surface area contributed by atoms with Crippen LogP contribution in [0.1, 0.15) is 11.3 Å². The number of rotatable bonds is 3. The monoisotopic (exact) mass is 320 g/mol. The summed E-state index contributed by atoms with van der Waals surface area (Å²) >= 11 is 0. The van der Waals surface area contributed by atoms with E-state index in [2.05, 4.69) is 10.5 Å². The van der Waals surface area contributed by atoms with Gasteiger partial charge in [0.05, 0.1) is 12.1 Å². The SMILES string of the molecule is Cc1ccc2onc(CC(=O)Nc3ccc(F)c(F)c3F)c2c1. The van der Waals surface area contributed by atoms with Gasteiger partial charge in [0.2, 0.25) is 5.91 Å². The number of aryl methyl sites for hydroxylation is 1. The molecule has 1 amide bonds. The highest BCUT2D eigenvalue weighted by Gasteiger charge is 2.17. The summed E-state index contributed by atoms with van der Waals surface area (Å²) in [5.41, 5.74) is 1.44. The van der Waals surface area contributed by atoms with Crippen molar-refractivity contribution in [2.45, 2.75) is 13.3 Å². The summed E-state index contributed by atoms with van der Waals surface area (Å²) in [4.78, 5) is 12.0. The maximum absolute atomic E-state index is 13.5. The van der Waals surface area contributed by atoms with Gasteiger partial charge >= 0.3 is 0 Å². The van der Waals surface area contributed by atoms with Gasteiger partial charge in [-0.05, 0) is 31.2 Å². The van der Waals surface area contributed by atoms with Crippen LogP contribution < -0.4 is 5.32 Å². The molecule has 3 aromatic rings. The Morgan fingerprint density at radius 2 is 1.96 bits per heavy atom. The minimum atomic E-state index is -1.63. The summed E-state index contributed by atoms with van der Waals surface area (Å²) in [6.07, 6.45) is -0.186. The van der Waals surface area contributed by atoms with Crippen molar-refractivity contribution >= 4 is 22.6 Å². The van der Waals surface area contributed by atoms with Gasteiger partial charge in [-0.1, -0.05) is 16.8 Å². The maximum Gasteiger partial charge on any atom is 0.230 e. The zero-order chi connectivity index (χ0) is 16.6. The Labute approximate surface area is 128 Å². The van der Waals surface area contributed by atoms with E-state index in [1.807, 2.05) is 19.1 Å². The van der Waals surface area contributed by atoms with Gasteiger partial charge in [-0.2, -0.15) is 0 Å². The van der Waals surface area contributed by atoms with Gasteiger partial charge in [0.15, 0.2) is 23.0 Å². The Kier molecular flexibility index (Phi) is 3.77. The van der Waals surface area contributed by atoms with E-state index in [0.29, 0.717) is 16.7 Å². The predicted octanol–water partition coefficient (Wildman–Crippen LogP) is 3.73. The number of carbonyl (C=O) groups excluding carboxylic acids is 1. The lowest BCUT2D eigenvalue weighted by molar-refractivity contribution is -0.115. The first-order chi connectivity index (χ1) is 11.0. The molecule has 118 valence electrons. The van der Waals surface area contributed by atoms with Crippen LogP contribution >= 0.6 is 0 Å². The van der Waals surface area contributed by atoms with Crippen molar-refractivity contribution < 1.29 is 22.5 Å². The average Bonchev–Trinajstić information content (AvgIpc) is 2.90. The largest absolute Gasteiger partial charge is 0.356 e. The summed E-state index contributed by atoms with van der Waals surface area (Å²) in [7, 11) is 0. The van der Waals surface area contributed by atoms with Crippen LogP contribution in [-0.2, 0) is 11.2 Å². The van der Waals surface area contributed by atoms with Gasteiger partial charge in [0.1, 0.15) is 5.69 Å². The van der Waals surface area contributed by atoms with Crippen molar-refractivity contribution in [1.82, 2.24) is 5.16 Å². The molecule has 2 aromatic carbocycles. The topological polar surface area (TPSA) is 55.1 Å². The van der Waals surface area contributed by atoms with Crippen LogP contribution in [0.4, 0.5) is 18.9 Å². The van der Waals surface area contributed by atoms with Crippen LogP contribution in [0.25, 0.3) is 11.0 Å². The number of amides is 1. The van der Waals surface area contributed by atoms with Crippen molar-refractivity contribution in [2.75, 3.05) is 5.32 Å². The molecule has 23 heavy (non-hydrogen) atoms. The molecule has 0 aliphatic rings. The molecule has 1 heterocycles. The molecule has 1 N–H and O–H groups in total. The van der Waals surface area contributed by atoms with E-state index in [1.54, 1.807) is 6.07 Å². The molecule has 7 heteroatoms. The Morgan fingerprint density at radius 3 is 2.74 bits per heavy atom. The van der Waals surface area contributed by atoms with Crippen LogP contribution in [0.3, 0.4) is 0 Å².